The molecule has 0 bridgehead atoms. The van der Waals surface area contributed by atoms with E-state index in [-0.39, 0.29) is 115 Å². The number of hydrogen-bond donors (Lipinski definition) is 8. The number of aromatic nitrogens is 1. The molecule has 3 fully saturated rings. The lowest BCUT2D eigenvalue weighted by atomic mass is 10.1. The molecule has 21 nitrogen and oxygen atoms in total. The van der Waals surface area contributed by atoms with E-state index in [1.807, 2.05) is 12.1 Å². The van der Waals surface area contributed by atoms with E-state index < -0.39 is 24.0 Å². The van der Waals surface area contributed by atoms with Crippen LogP contribution in [0.4, 0.5) is 17.1 Å². The third-order valence-corrected chi connectivity index (χ3v) is 12.3. The number of likely N-dealkylation sites (N-methyl/N-ethyl adjacent to an activating group) is 3. The van der Waals surface area contributed by atoms with E-state index in [4.69, 9.17) is 22.0 Å². The first kappa shape index (κ1) is 68.8. The smallest absolute Gasteiger partial charge is 0.249 e. The Balaban J connectivity index is 0. The predicted octanol–water partition coefficient (Wildman–Crippen LogP) is 1.76. The molecule has 1 aromatic heterocycles. The highest BCUT2D eigenvalue weighted by Gasteiger charge is 2.38. The van der Waals surface area contributed by atoms with Gasteiger partial charge in [0.2, 0.25) is 41.9 Å². The number of Topliss-reactive ketones (excluding diaryl/α,β-unsaturated/α-hetero) is 3. The minimum atomic E-state index is -0.507. The Bertz CT molecular complexity index is 2310. The Morgan fingerprint density at radius 1 is 0.622 bits per heavy atom. The molecule has 21 heteroatoms. The van der Waals surface area contributed by atoms with Crippen molar-refractivity contribution in [3.8, 4) is 0 Å². The molecular weight excluding hydrogens is 949 g/mol. The van der Waals surface area contributed by atoms with Crippen LogP contribution in [-0.2, 0) is 51.3 Å². The van der Waals surface area contributed by atoms with Gasteiger partial charge in [0.15, 0.2) is 24.0 Å². The second-order valence-corrected chi connectivity index (χ2v) is 16.8. The highest BCUT2D eigenvalue weighted by Crippen LogP contribution is 2.18. The number of nitrogens with one attached hydrogen (secondary N) is 5. The molecule has 0 aliphatic carbocycles. The number of primary amides is 2. The molecule has 5 amide bonds. The number of hydrogen-bond acceptors (Lipinski definition) is 15. The zero-order valence-corrected chi connectivity index (χ0v) is 40.9. The fourth-order valence-electron chi connectivity index (χ4n) is 7.84. The molecule has 0 radical (unpaired) electrons. The van der Waals surface area contributed by atoms with Gasteiger partial charge in [0.25, 0.3) is 0 Å². The van der Waals surface area contributed by atoms with Crippen LogP contribution in [0, 0.1) is 0 Å². The SMILES string of the molecule is C.C.C.C.C=C=O.CNC1CCN([C@@H](C)C(=O)CNc2ccc(CC(N)=O)cc2)C1=O.CNC1CCN([C@@H](C)C(=O)CNc2ccc(N)cc2)C1=O.CNC1CCN([C@@H](C)C(=O)C[n+]2ccc(C(N)=O)cc2)C1=O. The summed E-state index contributed by atoms with van der Waals surface area (Å²) in [4.78, 5) is 109. The molecular formula is C53H85N12O9+. The summed E-state index contributed by atoms with van der Waals surface area (Å²) in [5.41, 5.74) is 19.5. The van der Waals surface area contributed by atoms with Crippen molar-refractivity contribution in [3.05, 3.63) is 90.8 Å². The number of anilines is 3. The quantitative estimate of drug-likeness (QED) is 0.0455. The van der Waals surface area contributed by atoms with Crippen molar-refractivity contribution in [1.29, 1.82) is 0 Å². The molecule has 410 valence electrons. The molecule has 2 aromatic carbocycles. The third kappa shape index (κ3) is 20.3. The van der Waals surface area contributed by atoms with Gasteiger partial charge >= 0.3 is 0 Å². The number of carbonyl (C=O) groups is 8. The van der Waals surface area contributed by atoms with Gasteiger partial charge in [-0.3, -0.25) is 38.4 Å². The maximum Gasteiger partial charge on any atom is 0.249 e. The van der Waals surface area contributed by atoms with Gasteiger partial charge in [0, 0.05) is 48.8 Å². The summed E-state index contributed by atoms with van der Waals surface area (Å²) >= 11 is 0. The number of likely N-dealkylation sites (tertiary alicyclic amines) is 3. The molecule has 3 aromatic rings. The molecule has 6 atom stereocenters. The van der Waals surface area contributed by atoms with Crippen LogP contribution in [0.15, 0.2) is 79.6 Å². The first-order valence-electron chi connectivity index (χ1n) is 22.9. The second-order valence-electron chi connectivity index (χ2n) is 16.8. The van der Waals surface area contributed by atoms with Crippen LogP contribution in [-0.4, -0.2) is 158 Å². The van der Waals surface area contributed by atoms with E-state index >= 15 is 0 Å². The summed E-state index contributed by atoms with van der Waals surface area (Å²) in [7, 11) is 5.26. The summed E-state index contributed by atoms with van der Waals surface area (Å²) in [6.45, 7) is 10.3. The van der Waals surface area contributed by atoms with Gasteiger partial charge in [-0.15, -0.1) is 0 Å². The molecule has 3 aliphatic rings. The van der Waals surface area contributed by atoms with Gasteiger partial charge in [-0.2, -0.15) is 4.57 Å². The number of nitrogens with zero attached hydrogens (tertiary/aromatic N) is 4. The second kappa shape index (κ2) is 34.2. The number of benzene rings is 2. The molecule has 74 heavy (non-hydrogen) atoms. The van der Waals surface area contributed by atoms with E-state index in [1.54, 1.807) is 122 Å². The first-order chi connectivity index (χ1) is 33.3. The van der Waals surface area contributed by atoms with Gasteiger partial charge in [0.05, 0.1) is 61.3 Å². The predicted molar refractivity (Wildman–Crippen MR) is 292 cm³/mol. The average Bonchev–Trinajstić information content (AvgIpc) is 4.04. The number of rotatable bonds is 20. The summed E-state index contributed by atoms with van der Waals surface area (Å²) in [5.74, 6) is 0.222. The minimum absolute atomic E-state index is 0. The van der Waals surface area contributed by atoms with Crippen LogP contribution in [0.3, 0.4) is 0 Å². The molecule has 0 saturated carbocycles. The standard InChI is InChI=1S/C17H24N4O3.C15H20N4O3.C15H22N4O2.C2H2O.4CH4/c1-11(21-8-7-14(19-2)17(21)24)15(22)10-20-13-5-3-12(4-6-13)9-16(18)23;1-10(19-8-5-12(17-2)15(19)22)13(20)9-18-6-3-11(4-7-18)14(16)21;1-10(19-8-7-13(17-2)15(19)21)14(20)9-18-12-5-3-11(16)4-6-12;1-2-3;;;;/h3-6,11,14,19-20H,7-10H2,1-2H3,(H2,18,23);3-4,6-7,10,12,17H,5,8-9H2,1-2H3,(H-,16,21);3-6,10,13,17-18H,7-9,16H2,1-2H3;1H2;4*1H4/p+1/t11-,14?;10-,12?;10-,13?;;;;;/m000...../s1. The monoisotopic (exact) mass is 1030 g/mol. The van der Waals surface area contributed by atoms with Crippen molar-refractivity contribution in [1.82, 2.24) is 30.7 Å². The Hall–Kier alpha value is -7.32. The Morgan fingerprint density at radius 2 is 0.959 bits per heavy atom. The van der Waals surface area contributed by atoms with Gasteiger partial charge in [0.1, 0.15) is 5.94 Å². The van der Waals surface area contributed by atoms with Crippen molar-refractivity contribution in [2.45, 2.75) is 119 Å². The van der Waals surface area contributed by atoms with Gasteiger partial charge in [-0.1, -0.05) is 41.8 Å². The Kier molecular flexibility index (Phi) is 31.7. The molecule has 3 saturated heterocycles. The molecule has 3 unspecified atom stereocenters. The van der Waals surface area contributed by atoms with Crippen molar-refractivity contribution < 1.29 is 47.7 Å². The summed E-state index contributed by atoms with van der Waals surface area (Å²) in [6, 6.07) is 15.7. The molecule has 3 aliphatic heterocycles. The van der Waals surface area contributed by atoms with E-state index in [2.05, 4.69) is 33.2 Å². The molecule has 11 N–H and O–H groups in total. The van der Waals surface area contributed by atoms with E-state index in [1.165, 1.54) is 5.94 Å². The maximum absolute atomic E-state index is 12.3. The average molecular weight is 1030 g/mol. The summed E-state index contributed by atoms with van der Waals surface area (Å²) < 4.78 is 1.67. The Morgan fingerprint density at radius 3 is 1.27 bits per heavy atom. The van der Waals surface area contributed by atoms with Gasteiger partial charge in [-0.05, 0) is 110 Å². The Labute approximate surface area is 438 Å². The fourth-order valence-corrected chi connectivity index (χ4v) is 7.84. The number of amides is 5. The third-order valence-electron chi connectivity index (χ3n) is 12.3. The van der Waals surface area contributed by atoms with Gasteiger partial charge in [-0.25, -0.2) is 4.79 Å². The molecule has 0 spiro atoms. The highest BCUT2D eigenvalue weighted by atomic mass is 16.2. The molecule has 6 rings (SSSR count). The lowest BCUT2D eigenvalue weighted by molar-refractivity contribution is -0.684. The fraction of sp³-hybridized carbons (Fsp3) is 0.491. The van der Waals surface area contributed by atoms with Crippen molar-refractivity contribution in [3.63, 3.8) is 0 Å². The van der Waals surface area contributed by atoms with E-state index in [0.29, 0.717) is 37.3 Å². The lowest BCUT2D eigenvalue weighted by Crippen LogP contribution is -2.48. The summed E-state index contributed by atoms with van der Waals surface area (Å²) in [5, 5.41) is 15.0. The van der Waals surface area contributed by atoms with Crippen molar-refractivity contribution in [2.24, 2.45) is 11.5 Å². The lowest BCUT2D eigenvalue weighted by Gasteiger charge is -2.24. The van der Waals surface area contributed by atoms with Gasteiger partial charge < -0.3 is 58.5 Å². The number of carbonyl (C=O) groups excluding carboxylic acids is 9. The number of ketones is 3. The zero-order chi connectivity index (χ0) is 52.1. The van der Waals surface area contributed by atoms with Crippen LogP contribution >= 0.6 is 0 Å². The van der Waals surface area contributed by atoms with Crippen molar-refractivity contribution >= 4 is 69.9 Å². The minimum Gasteiger partial charge on any atom is -0.399 e. The maximum atomic E-state index is 12.3. The van der Waals surface area contributed by atoms with Crippen LogP contribution in [0.5, 0.6) is 0 Å². The summed E-state index contributed by atoms with van der Waals surface area (Å²) in [6.07, 6.45) is 5.65. The normalized spacial score (nSPS) is 17.4. The van der Waals surface area contributed by atoms with Crippen molar-refractivity contribution in [2.75, 3.05) is 70.2 Å². The molecule has 4 heterocycles. The van der Waals surface area contributed by atoms with E-state index in [9.17, 15) is 38.4 Å². The first-order valence-corrected chi connectivity index (χ1v) is 22.9. The van der Waals surface area contributed by atoms with E-state index in [0.717, 1.165) is 29.8 Å². The topological polar surface area (TPSA) is 305 Å². The number of nitrogens with two attached hydrogens (primary N) is 3. The van der Waals surface area contributed by atoms with Crippen LogP contribution in [0.25, 0.3) is 0 Å². The number of pyridine rings is 1. The van der Waals surface area contributed by atoms with Crippen LogP contribution in [0.2, 0.25) is 0 Å². The van der Waals surface area contributed by atoms with Crippen LogP contribution < -0.4 is 48.4 Å². The largest absolute Gasteiger partial charge is 0.399 e. The number of nitrogen functional groups attached to an aromatic ring is 1. The zero-order valence-electron chi connectivity index (χ0n) is 40.9. The van der Waals surface area contributed by atoms with Crippen LogP contribution in [0.1, 0.15) is 85.7 Å². The highest BCUT2D eigenvalue weighted by molar-refractivity contribution is 5.95.